The summed E-state index contributed by atoms with van der Waals surface area (Å²) in [6, 6.07) is 8.60. The van der Waals surface area contributed by atoms with Crippen LogP contribution in [0.5, 0.6) is 0 Å². The molecule has 4 N–H and O–H groups in total. The Morgan fingerprint density at radius 3 is 2.69 bits per heavy atom. The molecule has 0 saturated heterocycles. The SMILES string of the molecule is COC(=O)c1cc(-c2cnc(NC(C)C)c(=O)n2CC(=O)NCc2ccc3c(N)noc3c2)cc([N+](=O)[O-])c1. The summed E-state index contributed by atoms with van der Waals surface area (Å²) in [6.07, 6.45) is 1.31. The van der Waals surface area contributed by atoms with Gasteiger partial charge in [0.25, 0.3) is 11.2 Å². The zero-order valence-corrected chi connectivity index (χ0v) is 21.3. The van der Waals surface area contributed by atoms with Gasteiger partial charge in [-0.2, -0.15) is 0 Å². The highest BCUT2D eigenvalue weighted by atomic mass is 16.6. The molecule has 4 aromatic rings. The first kappa shape index (κ1) is 26.8. The minimum absolute atomic E-state index is 0.00599. The van der Waals surface area contributed by atoms with Crippen LogP contribution >= 0.6 is 0 Å². The number of esters is 1. The fourth-order valence-electron chi connectivity index (χ4n) is 3.86. The third-order valence-corrected chi connectivity index (χ3v) is 5.68. The highest BCUT2D eigenvalue weighted by molar-refractivity contribution is 5.92. The number of amides is 1. The van der Waals surface area contributed by atoms with Crippen molar-refractivity contribution >= 4 is 40.2 Å². The van der Waals surface area contributed by atoms with Crippen LogP contribution in [0.15, 0.2) is 51.9 Å². The Bertz CT molecular complexity index is 1640. The molecular weight excluding hydrogens is 510 g/mol. The molecule has 0 bridgehead atoms. The zero-order valence-electron chi connectivity index (χ0n) is 21.3. The number of hydrogen-bond donors (Lipinski definition) is 3. The molecule has 14 heteroatoms. The second-order valence-electron chi connectivity index (χ2n) is 8.87. The predicted octanol–water partition coefficient (Wildman–Crippen LogP) is 2.47. The summed E-state index contributed by atoms with van der Waals surface area (Å²) in [6.45, 7) is 3.31. The lowest BCUT2D eigenvalue weighted by atomic mass is 10.1. The molecule has 4 rings (SSSR count). The van der Waals surface area contributed by atoms with E-state index in [0.717, 1.165) is 17.7 Å². The van der Waals surface area contributed by atoms with Gasteiger partial charge < -0.3 is 25.6 Å². The van der Waals surface area contributed by atoms with Crippen LogP contribution in [-0.2, 0) is 22.6 Å². The standard InChI is InChI=1S/C25H25N7O7/c1-13(2)29-23-24(34)31(12-21(33)27-10-14-4-5-18-20(6-14)39-30-22(18)26)19(11-28-23)15-7-16(25(35)38-3)9-17(8-15)32(36)37/h4-9,11,13H,10,12H2,1-3H3,(H2,26,30)(H,27,33)(H,28,29). The number of nitro groups is 1. The second-order valence-corrected chi connectivity index (χ2v) is 8.87. The van der Waals surface area contributed by atoms with Gasteiger partial charge in [-0.15, -0.1) is 0 Å². The van der Waals surface area contributed by atoms with Crippen molar-refractivity contribution in [2.24, 2.45) is 0 Å². The summed E-state index contributed by atoms with van der Waals surface area (Å²) in [5.74, 6) is -1.07. The van der Waals surface area contributed by atoms with E-state index < -0.39 is 34.6 Å². The first-order chi connectivity index (χ1) is 18.6. The van der Waals surface area contributed by atoms with Crippen molar-refractivity contribution in [3.63, 3.8) is 0 Å². The van der Waals surface area contributed by atoms with Crippen LogP contribution in [0.4, 0.5) is 17.3 Å². The number of rotatable bonds is 9. The summed E-state index contributed by atoms with van der Waals surface area (Å²) >= 11 is 0. The molecule has 2 aromatic heterocycles. The van der Waals surface area contributed by atoms with Gasteiger partial charge in [0, 0.05) is 30.3 Å². The minimum atomic E-state index is -0.803. The van der Waals surface area contributed by atoms with Crippen LogP contribution in [0.25, 0.3) is 22.2 Å². The van der Waals surface area contributed by atoms with E-state index >= 15 is 0 Å². The molecule has 0 saturated carbocycles. The van der Waals surface area contributed by atoms with Crippen LogP contribution in [-0.4, -0.2) is 44.7 Å². The third kappa shape index (κ3) is 5.84. The highest BCUT2D eigenvalue weighted by Gasteiger charge is 2.21. The quantitative estimate of drug-likeness (QED) is 0.162. The van der Waals surface area contributed by atoms with Crippen LogP contribution in [0, 0.1) is 10.1 Å². The van der Waals surface area contributed by atoms with E-state index in [0.29, 0.717) is 16.5 Å². The van der Waals surface area contributed by atoms with E-state index in [-0.39, 0.29) is 41.0 Å². The molecule has 1 amide bonds. The van der Waals surface area contributed by atoms with Crippen molar-refractivity contribution in [1.82, 2.24) is 20.0 Å². The van der Waals surface area contributed by atoms with Crippen molar-refractivity contribution in [2.45, 2.75) is 33.0 Å². The predicted molar refractivity (Wildman–Crippen MR) is 141 cm³/mol. The normalized spacial score (nSPS) is 11.0. The fraction of sp³-hybridized carbons (Fsp3) is 0.240. The van der Waals surface area contributed by atoms with Gasteiger partial charge in [-0.25, -0.2) is 9.78 Å². The second kappa shape index (κ2) is 11.0. The molecule has 0 aliphatic heterocycles. The third-order valence-electron chi connectivity index (χ3n) is 5.68. The first-order valence-electron chi connectivity index (χ1n) is 11.7. The summed E-state index contributed by atoms with van der Waals surface area (Å²) < 4.78 is 11.0. The molecule has 2 aromatic carbocycles. The topological polar surface area (TPSA) is 198 Å². The van der Waals surface area contributed by atoms with Crippen molar-refractivity contribution < 1.29 is 23.8 Å². The summed E-state index contributed by atoms with van der Waals surface area (Å²) in [7, 11) is 1.14. The van der Waals surface area contributed by atoms with E-state index in [2.05, 4.69) is 20.8 Å². The Morgan fingerprint density at radius 1 is 1.23 bits per heavy atom. The van der Waals surface area contributed by atoms with Crippen molar-refractivity contribution in [2.75, 3.05) is 18.2 Å². The number of benzene rings is 2. The van der Waals surface area contributed by atoms with Gasteiger partial charge in [0.15, 0.2) is 17.2 Å². The smallest absolute Gasteiger partial charge is 0.338 e. The monoisotopic (exact) mass is 535 g/mol. The van der Waals surface area contributed by atoms with Gasteiger partial charge in [-0.05, 0) is 37.6 Å². The molecule has 0 fully saturated rings. The number of non-ortho nitro benzene ring substituents is 1. The summed E-state index contributed by atoms with van der Waals surface area (Å²) in [5.41, 5.74) is 6.00. The number of hydrogen-bond acceptors (Lipinski definition) is 11. The highest BCUT2D eigenvalue weighted by Crippen LogP contribution is 2.26. The van der Waals surface area contributed by atoms with Gasteiger partial charge in [0.1, 0.15) is 6.54 Å². The lowest BCUT2D eigenvalue weighted by Gasteiger charge is -2.16. The molecule has 202 valence electrons. The molecule has 0 aliphatic carbocycles. The Kier molecular flexibility index (Phi) is 7.56. The maximum atomic E-state index is 13.4. The number of nitrogens with two attached hydrogens (primary N) is 1. The molecule has 14 nitrogen and oxygen atoms in total. The van der Waals surface area contributed by atoms with Crippen molar-refractivity contribution in [3.05, 3.63) is 74.2 Å². The summed E-state index contributed by atoms with van der Waals surface area (Å²) in [5, 5.41) is 21.5. The Labute approximate surface area is 220 Å². The zero-order chi connectivity index (χ0) is 28.3. The molecule has 0 radical (unpaired) electrons. The lowest BCUT2D eigenvalue weighted by molar-refractivity contribution is -0.384. The van der Waals surface area contributed by atoms with Crippen LogP contribution in [0.2, 0.25) is 0 Å². The lowest BCUT2D eigenvalue weighted by Crippen LogP contribution is -2.35. The number of aromatic nitrogens is 3. The molecule has 0 spiro atoms. The number of nitrogen functional groups attached to an aromatic ring is 1. The van der Waals surface area contributed by atoms with Crippen LogP contribution in [0.3, 0.4) is 0 Å². The van der Waals surface area contributed by atoms with Crippen LogP contribution < -0.4 is 21.9 Å². The van der Waals surface area contributed by atoms with Gasteiger partial charge in [0.2, 0.25) is 5.91 Å². The van der Waals surface area contributed by atoms with Gasteiger partial charge in [-0.1, -0.05) is 11.2 Å². The van der Waals surface area contributed by atoms with E-state index in [1.165, 1.54) is 18.3 Å². The minimum Gasteiger partial charge on any atom is -0.465 e. The van der Waals surface area contributed by atoms with Gasteiger partial charge in [0.05, 0.1) is 34.9 Å². The number of carbonyl (C=O) groups is 2. The number of methoxy groups -OCH3 is 1. The summed E-state index contributed by atoms with van der Waals surface area (Å²) in [4.78, 5) is 53.5. The van der Waals surface area contributed by atoms with E-state index in [1.807, 2.05) is 13.8 Å². The molecule has 0 unspecified atom stereocenters. The Morgan fingerprint density at radius 2 is 2.00 bits per heavy atom. The average Bonchev–Trinajstić information content (AvgIpc) is 3.28. The van der Waals surface area contributed by atoms with Crippen molar-refractivity contribution in [1.29, 1.82) is 0 Å². The largest absolute Gasteiger partial charge is 0.465 e. The van der Waals surface area contributed by atoms with Gasteiger partial charge >= 0.3 is 5.97 Å². The number of nitrogens with zero attached hydrogens (tertiary/aromatic N) is 4. The van der Waals surface area contributed by atoms with E-state index in [1.54, 1.807) is 18.2 Å². The average molecular weight is 536 g/mol. The first-order valence-corrected chi connectivity index (χ1v) is 11.7. The number of fused-ring (bicyclic) bond motifs is 1. The molecule has 2 heterocycles. The Hall–Kier alpha value is -5.27. The number of nitro benzene ring substituents is 1. The van der Waals surface area contributed by atoms with Crippen molar-refractivity contribution in [3.8, 4) is 11.3 Å². The van der Waals surface area contributed by atoms with Crippen LogP contribution in [0.1, 0.15) is 29.8 Å². The number of carbonyl (C=O) groups excluding carboxylic acids is 2. The Balaban J connectivity index is 1.69. The molecular formula is C25H25N7O7. The van der Waals surface area contributed by atoms with E-state index in [9.17, 15) is 24.5 Å². The van der Waals surface area contributed by atoms with E-state index in [4.69, 9.17) is 15.0 Å². The van der Waals surface area contributed by atoms with Gasteiger partial charge in [-0.3, -0.25) is 24.3 Å². The maximum Gasteiger partial charge on any atom is 0.338 e. The number of anilines is 2. The molecule has 0 atom stereocenters. The number of nitrogens with one attached hydrogen (secondary N) is 2. The number of ether oxygens (including phenoxy) is 1. The fourth-order valence-corrected chi connectivity index (χ4v) is 3.86. The molecule has 39 heavy (non-hydrogen) atoms. The maximum absolute atomic E-state index is 13.4. The molecule has 0 aliphatic rings.